The van der Waals surface area contributed by atoms with Crippen LogP contribution in [0.1, 0.15) is 0 Å². The van der Waals surface area contributed by atoms with Crippen LogP contribution in [0.2, 0.25) is 0 Å². The van der Waals surface area contributed by atoms with Gasteiger partial charge in [-0.25, -0.2) is 15.0 Å². The fraction of sp³-hybridized carbons (Fsp3) is 0.0500. The van der Waals surface area contributed by atoms with Crippen LogP contribution < -0.4 is 10.5 Å². The Morgan fingerprint density at radius 1 is 0.962 bits per heavy atom. The monoisotopic (exact) mass is 406 g/mol. The van der Waals surface area contributed by atoms with Crippen molar-refractivity contribution in [1.29, 1.82) is 0 Å². The molecule has 2 N–H and O–H groups in total. The van der Waals surface area contributed by atoms with Crippen LogP contribution in [0.4, 0.5) is 5.82 Å². The number of nitrogens with two attached hydrogens (primary N) is 1. The van der Waals surface area contributed by atoms with Crippen molar-refractivity contribution in [2.75, 3.05) is 12.8 Å². The number of halogens is 1. The first-order valence-electron chi connectivity index (χ1n) is 7.97. The van der Waals surface area contributed by atoms with Gasteiger partial charge in [-0.1, -0.05) is 28.1 Å². The van der Waals surface area contributed by atoms with E-state index >= 15 is 0 Å². The molecule has 0 saturated heterocycles. The van der Waals surface area contributed by atoms with Gasteiger partial charge in [0.25, 0.3) is 0 Å². The molecule has 2 heterocycles. The van der Waals surface area contributed by atoms with Crippen molar-refractivity contribution in [3.63, 3.8) is 0 Å². The van der Waals surface area contributed by atoms with Crippen molar-refractivity contribution in [2.24, 2.45) is 0 Å². The first-order valence-corrected chi connectivity index (χ1v) is 8.76. The second-order valence-corrected chi connectivity index (χ2v) is 6.67. The lowest BCUT2D eigenvalue weighted by Gasteiger charge is -2.11. The molecule has 2 aromatic heterocycles. The van der Waals surface area contributed by atoms with Gasteiger partial charge in [-0.3, -0.25) is 0 Å². The first kappa shape index (κ1) is 16.5. The molecule has 0 aliphatic rings. The Labute approximate surface area is 159 Å². The van der Waals surface area contributed by atoms with Crippen LogP contribution in [0.5, 0.6) is 5.75 Å². The number of nitrogen functional groups attached to an aromatic ring is 1. The lowest BCUT2D eigenvalue weighted by Crippen LogP contribution is -1.98. The van der Waals surface area contributed by atoms with E-state index in [1.807, 2.05) is 54.6 Å². The molecule has 0 radical (unpaired) electrons. The molecule has 4 rings (SSSR count). The third kappa shape index (κ3) is 2.99. The number of pyridine rings is 1. The average Bonchev–Trinajstić information content (AvgIpc) is 2.67. The van der Waals surface area contributed by atoms with Gasteiger partial charge in [0.05, 0.1) is 18.2 Å². The summed E-state index contributed by atoms with van der Waals surface area (Å²) >= 11 is 3.53. The Hall–Kier alpha value is -2.99. The number of fused-ring (bicyclic) bond motifs is 1. The molecule has 0 amide bonds. The van der Waals surface area contributed by atoms with Gasteiger partial charge in [0, 0.05) is 10.0 Å². The van der Waals surface area contributed by atoms with Gasteiger partial charge in [-0.05, 0) is 53.6 Å². The highest BCUT2D eigenvalue weighted by atomic mass is 79.9. The molecule has 0 aliphatic heterocycles. The molecule has 0 fully saturated rings. The maximum absolute atomic E-state index is 6.14. The van der Waals surface area contributed by atoms with E-state index in [1.165, 1.54) is 6.33 Å². The third-order valence-electron chi connectivity index (χ3n) is 4.15. The predicted molar refractivity (Wildman–Crippen MR) is 107 cm³/mol. The van der Waals surface area contributed by atoms with Gasteiger partial charge in [-0.2, -0.15) is 0 Å². The highest BCUT2D eigenvalue weighted by Crippen LogP contribution is 2.34. The summed E-state index contributed by atoms with van der Waals surface area (Å²) in [5.41, 5.74) is 10.5. The number of hydrogen-bond acceptors (Lipinski definition) is 5. The normalized spacial score (nSPS) is 10.8. The number of ether oxygens (including phenoxy) is 1. The van der Waals surface area contributed by atoms with E-state index in [2.05, 4.69) is 30.9 Å². The van der Waals surface area contributed by atoms with Gasteiger partial charge in [0.2, 0.25) is 0 Å². The van der Waals surface area contributed by atoms with Gasteiger partial charge in [0.15, 0.2) is 5.65 Å². The summed E-state index contributed by atoms with van der Waals surface area (Å²) in [7, 11) is 1.65. The number of hydrogen-bond donors (Lipinski definition) is 1. The SMILES string of the molecule is COc1ccc(-c2cc(-c3cccc(Br)c3)c3c(N)ncnc3n2)cc1. The number of nitrogens with zero attached hydrogens (tertiary/aromatic N) is 3. The maximum Gasteiger partial charge on any atom is 0.165 e. The van der Waals surface area contributed by atoms with Crippen molar-refractivity contribution in [1.82, 2.24) is 15.0 Å². The quantitative estimate of drug-likeness (QED) is 0.532. The lowest BCUT2D eigenvalue weighted by molar-refractivity contribution is 0.415. The fourth-order valence-corrected chi connectivity index (χ4v) is 3.28. The molecule has 0 unspecified atom stereocenters. The molecule has 0 saturated carbocycles. The minimum Gasteiger partial charge on any atom is -0.497 e. The molecule has 5 nitrogen and oxygen atoms in total. The summed E-state index contributed by atoms with van der Waals surface area (Å²) in [6, 6.07) is 17.8. The topological polar surface area (TPSA) is 73.9 Å². The van der Waals surface area contributed by atoms with E-state index in [4.69, 9.17) is 10.5 Å². The highest BCUT2D eigenvalue weighted by molar-refractivity contribution is 9.10. The molecule has 2 aromatic carbocycles. The summed E-state index contributed by atoms with van der Waals surface area (Å²) in [5.74, 6) is 1.21. The second kappa shape index (κ2) is 6.72. The molecule has 0 spiro atoms. The smallest absolute Gasteiger partial charge is 0.165 e. The summed E-state index contributed by atoms with van der Waals surface area (Å²) in [5, 5.41) is 0.753. The number of rotatable bonds is 3. The number of aromatic nitrogens is 3. The largest absolute Gasteiger partial charge is 0.497 e. The highest BCUT2D eigenvalue weighted by Gasteiger charge is 2.14. The Bertz CT molecular complexity index is 1100. The average molecular weight is 407 g/mol. The van der Waals surface area contributed by atoms with Crippen LogP contribution in [-0.2, 0) is 0 Å². The Morgan fingerprint density at radius 3 is 2.50 bits per heavy atom. The molecule has 0 bridgehead atoms. The molecule has 0 atom stereocenters. The van der Waals surface area contributed by atoms with Gasteiger partial charge >= 0.3 is 0 Å². The summed E-state index contributed by atoms with van der Waals surface area (Å²) in [4.78, 5) is 13.2. The van der Waals surface area contributed by atoms with E-state index in [1.54, 1.807) is 7.11 Å². The number of methoxy groups -OCH3 is 1. The van der Waals surface area contributed by atoms with Crippen LogP contribution in [0.3, 0.4) is 0 Å². The maximum atomic E-state index is 6.14. The Morgan fingerprint density at radius 2 is 1.77 bits per heavy atom. The van der Waals surface area contributed by atoms with Crippen LogP contribution >= 0.6 is 15.9 Å². The molecule has 4 aromatic rings. The second-order valence-electron chi connectivity index (χ2n) is 5.75. The Kier molecular flexibility index (Phi) is 4.26. The zero-order valence-corrected chi connectivity index (χ0v) is 15.6. The fourth-order valence-electron chi connectivity index (χ4n) is 2.88. The van der Waals surface area contributed by atoms with Crippen molar-refractivity contribution in [2.45, 2.75) is 0 Å². The van der Waals surface area contributed by atoms with E-state index in [-0.39, 0.29) is 0 Å². The summed E-state index contributed by atoms with van der Waals surface area (Å²) in [6.45, 7) is 0. The molecule has 0 aliphatic carbocycles. The predicted octanol–water partition coefficient (Wildman–Crippen LogP) is 4.71. The van der Waals surface area contributed by atoms with E-state index < -0.39 is 0 Å². The molecule has 26 heavy (non-hydrogen) atoms. The summed E-state index contributed by atoms with van der Waals surface area (Å²) in [6.07, 6.45) is 1.44. The van der Waals surface area contributed by atoms with Crippen LogP contribution in [0.25, 0.3) is 33.4 Å². The minimum absolute atomic E-state index is 0.416. The van der Waals surface area contributed by atoms with E-state index in [9.17, 15) is 0 Å². The van der Waals surface area contributed by atoms with Gasteiger partial charge in [-0.15, -0.1) is 0 Å². The number of benzene rings is 2. The Balaban J connectivity index is 1.98. The van der Waals surface area contributed by atoms with Gasteiger partial charge in [0.1, 0.15) is 17.9 Å². The number of anilines is 1. The van der Waals surface area contributed by atoms with Crippen molar-refractivity contribution in [3.05, 3.63) is 65.4 Å². The van der Waals surface area contributed by atoms with Crippen LogP contribution in [0, 0.1) is 0 Å². The third-order valence-corrected chi connectivity index (χ3v) is 4.65. The van der Waals surface area contributed by atoms with Crippen molar-refractivity contribution >= 4 is 32.8 Å². The van der Waals surface area contributed by atoms with Crippen LogP contribution in [-0.4, -0.2) is 22.1 Å². The first-order chi connectivity index (χ1) is 12.7. The van der Waals surface area contributed by atoms with E-state index in [0.717, 1.165) is 38.0 Å². The zero-order chi connectivity index (χ0) is 18.1. The van der Waals surface area contributed by atoms with E-state index in [0.29, 0.717) is 11.5 Å². The summed E-state index contributed by atoms with van der Waals surface area (Å²) < 4.78 is 6.22. The molecule has 128 valence electrons. The minimum atomic E-state index is 0.416. The molecule has 6 heteroatoms. The molecular formula is C20H15BrN4O. The lowest BCUT2D eigenvalue weighted by atomic mass is 10.00. The van der Waals surface area contributed by atoms with Gasteiger partial charge < -0.3 is 10.5 Å². The standard InChI is InChI=1S/C20H15BrN4O/c1-26-15-7-5-12(6-8-15)17-10-16(13-3-2-4-14(21)9-13)18-19(22)23-11-24-20(18)25-17/h2-11H,1H3,(H2,22,23,24,25). The van der Waals surface area contributed by atoms with Crippen molar-refractivity contribution in [3.8, 4) is 28.1 Å². The zero-order valence-electron chi connectivity index (χ0n) is 14.0. The van der Waals surface area contributed by atoms with Crippen molar-refractivity contribution < 1.29 is 4.74 Å². The molecular weight excluding hydrogens is 392 g/mol. The van der Waals surface area contributed by atoms with Crippen LogP contribution in [0.15, 0.2) is 65.4 Å².